The summed E-state index contributed by atoms with van der Waals surface area (Å²) in [6, 6.07) is 3.38. The Hall–Kier alpha value is -1.43. The van der Waals surface area contributed by atoms with E-state index in [4.69, 9.17) is 22.4 Å². The van der Waals surface area contributed by atoms with Gasteiger partial charge in [0.05, 0.1) is 23.0 Å². The fourth-order valence-electron chi connectivity index (χ4n) is 1.38. The van der Waals surface area contributed by atoms with Crippen LogP contribution in [0.3, 0.4) is 0 Å². The molecule has 0 bridgehead atoms. The van der Waals surface area contributed by atoms with Gasteiger partial charge in [-0.2, -0.15) is 13.2 Å². The number of anilines is 1. The zero-order chi connectivity index (χ0) is 13.2. The molecule has 3 nitrogen and oxygen atoms in total. The predicted molar refractivity (Wildman–Crippen MR) is 56.9 cm³/mol. The lowest BCUT2D eigenvalue weighted by Gasteiger charge is -2.19. The molecule has 0 saturated carbocycles. The van der Waals surface area contributed by atoms with Crippen molar-refractivity contribution in [3.05, 3.63) is 28.8 Å². The molecule has 7 heteroatoms. The highest BCUT2D eigenvalue weighted by Gasteiger charge is 2.42. The first kappa shape index (κ1) is 13.6. The van der Waals surface area contributed by atoms with Crippen molar-refractivity contribution >= 4 is 23.3 Å². The summed E-state index contributed by atoms with van der Waals surface area (Å²) in [6.45, 7) is 0. The van der Waals surface area contributed by atoms with Gasteiger partial charge in [-0.25, -0.2) is 0 Å². The van der Waals surface area contributed by atoms with E-state index in [9.17, 15) is 18.0 Å². The maximum absolute atomic E-state index is 12.7. The van der Waals surface area contributed by atoms with E-state index in [-0.39, 0.29) is 16.3 Å². The van der Waals surface area contributed by atoms with Gasteiger partial charge in [-0.05, 0) is 17.7 Å². The number of hydrogen-bond acceptors (Lipinski definition) is 2. The van der Waals surface area contributed by atoms with Crippen LogP contribution in [0.15, 0.2) is 18.2 Å². The highest BCUT2D eigenvalue weighted by Crippen LogP contribution is 2.38. The Morgan fingerprint density at radius 3 is 2.47 bits per heavy atom. The molecule has 1 aromatic carbocycles. The Labute approximate surface area is 100.0 Å². The van der Waals surface area contributed by atoms with E-state index < -0.39 is 24.5 Å². The summed E-state index contributed by atoms with van der Waals surface area (Å²) >= 11 is 5.58. The van der Waals surface area contributed by atoms with Crippen molar-refractivity contribution in [3.8, 4) is 0 Å². The molecule has 1 aromatic rings. The first-order chi connectivity index (χ1) is 7.71. The summed E-state index contributed by atoms with van der Waals surface area (Å²) in [5, 5.41) is 8.60. The van der Waals surface area contributed by atoms with Gasteiger partial charge < -0.3 is 10.8 Å². The zero-order valence-corrected chi connectivity index (χ0v) is 9.22. The van der Waals surface area contributed by atoms with Gasteiger partial charge in [-0.15, -0.1) is 0 Å². The first-order valence-corrected chi connectivity index (χ1v) is 4.93. The Bertz CT molecular complexity index is 434. The van der Waals surface area contributed by atoms with E-state index in [2.05, 4.69) is 0 Å². The molecule has 1 atom stereocenters. The van der Waals surface area contributed by atoms with Crippen LogP contribution >= 0.6 is 11.6 Å². The maximum Gasteiger partial charge on any atom is 0.396 e. The van der Waals surface area contributed by atoms with Crippen molar-refractivity contribution in [3.63, 3.8) is 0 Å². The van der Waals surface area contributed by atoms with Crippen LogP contribution in [0.5, 0.6) is 0 Å². The van der Waals surface area contributed by atoms with Crippen LogP contribution in [0.4, 0.5) is 18.9 Å². The second kappa shape index (κ2) is 4.83. The third kappa shape index (κ3) is 3.52. The molecule has 0 aromatic heterocycles. The van der Waals surface area contributed by atoms with Crippen LogP contribution in [0.25, 0.3) is 0 Å². The van der Waals surface area contributed by atoms with Crippen molar-refractivity contribution in [2.75, 3.05) is 5.73 Å². The standard InChI is InChI=1S/C10H9ClF3NO2/c11-7-2-1-5(3-8(7)15)6(4-9(16)17)10(12,13)14/h1-3,6H,4,15H2,(H,16,17). The van der Waals surface area contributed by atoms with E-state index >= 15 is 0 Å². The van der Waals surface area contributed by atoms with E-state index in [1.165, 1.54) is 6.07 Å². The molecular weight excluding hydrogens is 259 g/mol. The fourth-order valence-corrected chi connectivity index (χ4v) is 1.49. The molecule has 0 radical (unpaired) electrons. The fraction of sp³-hybridized carbons (Fsp3) is 0.300. The van der Waals surface area contributed by atoms with Crippen LogP contribution in [0.2, 0.25) is 5.02 Å². The quantitative estimate of drug-likeness (QED) is 0.828. The molecule has 3 N–H and O–H groups in total. The largest absolute Gasteiger partial charge is 0.481 e. The number of aliphatic carboxylic acids is 1. The summed E-state index contributed by atoms with van der Waals surface area (Å²) in [4.78, 5) is 10.4. The van der Waals surface area contributed by atoms with Gasteiger partial charge in [0.2, 0.25) is 0 Å². The molecule has 17 heavy (non-hydrogen) atoms. The Morgan fingerprint density at radius 1 is 1.47 bits per heavy atom. The summed E-state index contributed by atoms with van der Waals surface area (Å²) < 4.78 is 38.0. The number of carboxylic acids is 1. The molecule has 0 fully saturated rings. The van der Waals surface area contributed by atoms with Crippen LogP contribution in [0, 0.1) is 0 Å². The van der Waals surface area contributed by atoms with Gasteiger partial charge in [0.15, 0.2) is 0 Å². The summed E-state index contributed by atoms with van der Waals surface area (Å²) in [5.74, 6) is -3.61. The number of carbonyl (C=O) groups is 1. The molecule has 0 heterocycles. The number of benzene rings is 1. The molecule has 1 rings (SSSR count). The molecule has 94 valence electrons. The highest BCUT2D eigenvalue weighted by molar-refractivity contribution is 6.33. The van der Waals surface area contributed by atoms with E-state index in [0.29, 0.717) is 0 Å². The molecular formula is C10H9ClF3NO2. The number of nitrogen functional groups attached to an aromatic ring is 1. The Kier molecular flexibility index (Phi) is 3.87. The minimum atomic E-state index is -4.64. The monoisotopic (exact) mass is 267 g/mol. The minimum Gasteiger partial charge on any atom is -0.481 e. The second-order valence-corrected chi connectivity index (χ2v) is 3.88. The third-order valence-electron chi connectivity index (χ3n) is 2.20. The molecule has 0 spiro atoms. The Morgan fingerprint density at radius 2 is 2.06 bits per heavy atom. The lowest BCUT2D eigenvalue weighted by atomic mass is 9.95. The molecule has 0 saturated heterocycles. The number of rotatable bonds is 3. The summed E-state index contributed by atoms with van der Waals surface area (Å²) in [7, 11) is 0. The van der Waals surface area contributed by atoms with Crippen molar-refractivity contribution in [2.24, 2.45) is 0 Å². The van der Waals surface area contributed by atoms with E-state index in [1.807, 2.05) is 0 Å². The topological polar surface area (TPSA) is 63.3 Å². The number of carboxylic acid groups (broad SMARTS) is 1. The second-order valence-electron chi connectivity index (χ2n) is 3.47. The van der Waals surface area contributed by atoms with Gasteiger partial charge in [0.1, 0.15) is 0 Å². The zero-order valence-electron chi connectivity index (χ0n) is 8.46. The molecule has 0 amide bonds. The van der Waals surface area contributed by atoms with Crippen molar-refractivity contribution in [1.82, 2.24) is 0 Å². The lowest BCUT2D eigenvalue weighted by Crippen LogP contribution is -2.23. The van der Waals surface area contributed by atoms with Gasteiger partial charge in [-0.3, -0.25) is 4.79 Å². The normalized spacial score (nSPS) is 13.4. The van der Waals surface area contributed by atoms with Crippen LogP contribution in [0.1, 0.15) is 17.9 Å². The molecule has 0 aliphatic heterocycles. The number of halogens is 4. The van der Waals surface area contributed by atoms with Gasteiger partial charge in [-0.1, -0.05) is 17.7 Å². The smallest absolute Gasteiger partial charge is 0.396 e. The first-order valence-electron chi connectivity index (χ1n) is 4.55. The third-order valence-corrected chi connectivity index (χ3v) is 2.54. The summed E-state index contributed by atoms with van der Waals surface area (Å²) in [5.41, 5.74) is 5.17. The predicted octanol–water partition coefficient (Wildman–Crippen LogP) is 3.04. The highest BCUT2D eigenvalue weighted by atomic mass is 35.5. The number of nitrogens with two attached hydrogens (primary N) is 1. The average Bonchev–Trinajstić information content (AvgIpc) is 2.17. The number of hydrogen-bond donors (Lipinski definition) is 2. The van der Waals surface area contributed by atoms with E-state index in [0.717, 1.165) is 12.1 Å². The van der Waals surface area contributed by atoms with Crippen LogP contribution in [-0.2, 0) is 4.79 Å². The van der Waals surface area contributed by atoms with Crippen LogP contribution in [-0.4, -0.2) is 17.3 Å². The van der Waals surface area contributed by atoms with Crippen molar-refractivity contribution < 1.29 is 23.1 Å². The molecule has 1 unspecified atom stereocenters. The molecule has 0 aliphatic rings. The molecule has 0 aliphatic carbocycles. The minimum absolute atomic E-state index is 0.0104. The Balaban J connectivity index is 3.13. The lowest BCUT2D eigenvalue weighted by molar-refractivity contribution is -0.163. The van der Waals surface area contributed by atoms with Crippen molar-refractivity contribution in [2.45, 2.75) is 18.5 Å². The van der Waals surface area contributed by atoms with Gasteiger partial charge in [0, 0.05) is 0 Å². The van der Waals surface area contributed by atoms with Crippen LogP contribution < -0.4 is 5.73 Å². The SMILES string of the molecule is Nc1cc(C(CC(=O)O)C(F)(F)F)ccc1Cl. The maximum atomic E-state index is 12.7. The van der Waals surface area contributed by atoms with Gasteiger partial charge >= 0.3 is 12.1 Å². The van der Waals surface area contributed by atoms with E-state index in [1.54, 1.807) is 0 Å². The summed E-state index contributed by atoms with van der Waals surface area (Å²) in [6.07, 6.45) is -5.68. The number of alkyl halides is 3. The van der Waals surface area contributed by atoms with Gasteiger partial charge in [0.25, 0.3) is 0 Å². The van der Waals surface area contributed by atoms with Crippen molar-refractivity contribution in [1.29, 1.82) is 0 Å². The average molecular weight is 268 g/mol.